The summed E-state index contributed by atoms with van der Waals surface area (Å²) in [6, 6.07) is 44.5. The van der Waals surface area contributed by atoms with Gasteiger partial charge in [-0.05, 0) is 73.1 Å². The summed E-state index contributed by atoms with van der Waals surface area (Å²) < 4.78 is 2.73. The Kier molecular flexibility index (Phi) is 4.27. The van der Waals surface area contributed by atoms with Crippen LogP contribution < -0.4 is 0 Å². The summed E-state index contributed by atoms with van der Waals surface area (Å²) in [6.07, 6.45) is 1.94. The molecular weight excluding hydrogens is 490 g/mol. The minimum Gasteiger partial charge on any atom is -0.256 e. The molecule has 2 heterocycles. The number of pyridine rings is 1. The molecule has 1 nitrogen and oxygen atoms in total. The van der Waals surface area contributed by atoms with Gasteiger partial charge in [-0.3, -0.25) is 4.98 Å². The Morgan fingerprint density at radius 1 is 0.462 bits per heavy atom. The number of thiophene rings is 1. The highest BCUT2D eigenvalue weighted by Crippen LogP contribution is 2.45. The van der Waals surface area contributed by atoms with Gasteiger partial charge in [0.25, 0.3) is 0 Å². The van der Waals surface area contributed by atoms with Crippen LogP contribution in [0.1, 0.15) is 0 Å². The van der Waals surface area contributed by atoms with Crippen molar-refractivity contribution >= 4 is 74.6 Å². The fourth-order valence-corrected chi connectivity index (χ4v) is 7.69. The molecule has 0 fully saturated rings. The van der Waals surface area contributed by atoms with E-state index in [0.717, 1.165) is 11.3 Å². The van der Waals surface area contributed by atoms with Crippen LogP contribution >= 0.6 is 11.3 Å². The number of rotatable bonds is 2. The third-order valence-corrected chi connectivity index (χ3v) is 9.44. The van der Waals surface area contributed by atoms with Gasteiger partial charge in [0.1, 0.15) is 0 Å². The lowest BCUT2D eigenvalue weighted by atomic mass is 9.94. The van der Waals surface area contributed by atoms with Crippen LogP contribution in [-0.4, -0.2) is 4.98 Å². The fraction of sp³-hybridized carbons (Fsp3) is 0. The maximum atomic E-state index is 4.86. The van der Waals surface area contributed by atoms with Crippen LogP contribution in [0.3, 0.4) is 0 Å². The molecule has 0 aliphatic heterocycles. The average molecular weight is 512 g/mol. The monoisotopic (exact) mass is 511 g/mol. The lowest BCUT2D eigenvalue weighted by Crippen LogP contribution is -1.88. The second-order valence-corrected chi connectivity index (χ2v) is 11.4. The Labute approximate surface area is 228 Å². The van der Waals surface area contributed by atoms with Crippen LogP contribution in [0, 0.1) is 0 Å². The second kappa shape index (κ2) is 7.86. The molecule has 180 valence electrons. The number of benzene rings is 7. The molecule has 0 unspecified atom stereocenters. The summed E-state index contributed by atoms with van der Waals surface area (Å²) in [5, 5.41) is 12.9. The van der Waals surface area contributed by atoms with Gasteiger partial charge >= 0.3 is 0 Å². The first-order chi connectivity index (χ1) is 19.3. The molecule has 0 spiro atoms. The van der Waals surface area contributed by atoms with E-state index >= 15 is 0 Å². The van der Waals surface area contributed by atoms with Crippen molar-refractivity contribution in [3.05, 3.63) is 128 Å². The van der Waals surface area contributed by atoms with Gasteiger partial charge in [0.15, 0.2) is 0 Å². The molecule has 0 radical (unpaired) electrons. The normalized spacial score (nSPS) is 12.1. The molecule has 2 aromatic heterocycles. The lowest BCUT2D eigenvalue weighted by Gasteiger charge is -2.11. The van der Waals surface area contributed by atoms with Crippen molar-refractivity contribution in [1.29, 1.82) is 0 Å². The molecule has 0 amide bonds. The Morgan fingerprint density at radius 3 is 2.15 bits per heavy atom. The smallest absolute Gasteiger partial charge is 0.0780 e. The SMILES string of the molecule is c1ccc2c(c1)ccc1c(-c3ccc4ccc(-c5ccc6ccc7cccc8sc5c6c78)cc4c3)nccc12. The van der Waals surface area contributed by atoms with Gasteiger partial charge in [0.2, 0.25) is 0 Å². The molecule has 0 aliphatic carbocycles. The van der Waals surface area contributed by atoms with Crippen LogP contribution in [0.5, 0.6) is 0 Å². The van der Waals surface area contributed by atoms with Crippen molar-refractivity contribution in [2.45, 2.75) is 0 Å². The molecule has 0 N–H and O–H groups in total. The third kappa shape index (κ3) is 3.04. The van der Waals surface area contributed by atoms with Crippen molar-refractivity contribution < 1.29 is 0 Å². The van der Waals surface area contributed by atoms with Crippen molar-refractivity contribution in [3.63, 3.8) is 0 Å². The zero-order valence-electron chi connectivity index (χ0n) is 21.0. The van der Waals surface area contributed by atoms with Crippen LogP contribution in [0.4, 0.5) is 0 Å². The maximum absolute atomic E-state index is 4.86. The van der Waals surface area contributed by atoms with E-state index in [-0.39, 0.29) is 0 Å². The van der Waals surface area contributed by atoms with Gasteiger partial charge in [0.05, 0.1) is 5.69 Å². The second-order valence-electron chi connectivity index (χ2n) is 10.4. The molecule has 9 rings (SSSR count). The average Bonchev–Trinajstić information content (AvgIpc) is 3.40. The zero-order valence-corrected chi connectivity index (χ0v) is 21.8. The minimum atomic E-state index is 1.03. The molecule has 0 aliphatic rings. The Morgan fingerprint density at radius 2 is 1.21 bits per heavy atom. The zero-order chi connectivity index (χ0) is 25.5. The van der Waals surface area contributed by atoms with Gasteiger partial charge in [-0.15, -0.1) is 11.3 Å². The highest BCUT2D eigenvalue weighted by Gasteiger charge is 2.15. The number of aromatic nitrogens is 1. The number of fused-ring (bicyclic) bond motifs is 4. The van der Waals surface area contributed by atoms with E-state index in [1.807, 2.05) is 17.5 Å². The van der Waals surface area contributed by atoms with Crippen LogP contribution in [0.2, 0.25) is 0 Å². The molecule has 2 heteroatoms. The summed E-state index contributed by atoms with van der Waals surface area (Å²) in [6.45, 7) is 0. The summed E-state index contributed by atoms with van der Waals surface area (Å²) in [5.74, 6) is 0. The van der Waals surface area contributed by atoms with Crippen LogP contribution in [0.15, 0.2) is 128 Å². The summed E-state index contributed by atoms with van der Waals surface area (Å²) >= 11 is 1.91. The molecule has 9 aromatic rings. The summed E-state index contributed by atoms with van der Waals surface area (Å²) in [7, 11) is 0. The number of nitrogens with zero attached hydrogens (tertiary/aromatic N) is 1. The number of hydrogen-bond acceptors (Lipinski definition) is 2. The van der Waals surface area contributed by atoms with E-state index in [2.05, 4.69) is 121 Å². The molecule has 7 aromatic carbocycles. The summed E-state index contributed by atoms with van der Waals surface area (Å²) in [4.78, 5) is 4.86. The first-order valence-corrected chi connectivity index (χ1v) is 14.1. The van der Waals surface area contributed by atoms with Crippen molar-refractivity contribution in [3.8, 4) is 22.4 Å². The van der Waals surface area contributed by atoms with Gasteiger partial charge in [0, 0.05) is 37.3 Å². The van der Waals surface area contributed by atoms with Crippen molar-refractivity contribution in [2.24, 2.45) is 0 Å². The highest BCUT2D eigenvalue weighted by atomic mass is 32.1. The van der Waals surface area contributed by atoms with Gasteiger partial charge in [-0.25, -0.2) is 0 Å². The lowest BCUT2D eigenvalue weighted by molar-refractivity contribution is 1.36. The number of hydrogen-bond donors (Lipinski definition) is 0. The Hall–Kier alpha value is -4.79. The predicted molar refractivity (Wildman–Crippen MR) is 169 cm³/mol. The Bertz CT molecular complexity index is 2390. The maximum Gasteiger partial charge on any atom is 0.0780 e. The van der Waals surface area contributed by atoms with E-state index in [1.54, 1.807) is 0 Å². The van der Waals surface area contributed by atoms with Crippen molar-refractivity contribution in [2.75, 3.05) is 0 Å². The molecule has 0 saturated heterocycles. The highest BCUT2D eigenvalue weighted by molar-refractivity contribution is 7.26. The summed E-state index contributed by atoms with van der Waals surface area (Å²) in [5.41, 5.74) is 4.74. The minimum absolute atomic E-state index is 1.03. The molecular formula is C37H21NS. The predicted octanol–water partition coefficient (Wildman–Crippen LogP) is 10.8. The standard InChI is InChI=1S/C37H21NS/c1-2-6-29-23(4-1)14-17-32-31(29)18-19-38-36(32)27-13-9-22-8-12-26(20-28(22)21-27)30-16-15-25-11-10-24-5-3-7-33-34(24)35(25)37(30)39-33/h1-21H. The van der Waals surface area contributed by atoms with Crippen LogP contribution in [-0.2, 0) is 0 Å². The Balaban J connectivity index is 1.25. The molecule has 39 heavy (non-hydrogen) atoms. The van der Waals surface area contributed by atoms with Crippen molar-refractivity contribution in [1.82, 2.24) is 4.98 Å². The van der Waals surface area contributed by atoms with Gasteiger partial charge in [-0.1, -0.05) is 97.1 Å². The first-order valence-electron chi connectivity index (χ1n) is 13.3. The van der Waals surface area contributed by atoms with E-state index < -0.39 is 0 Å². The van der Waals surface area contributed by atoms with Gasteiger partial charge in [-0.2, -0.15) is 0 Å². The molecule has 0 bridgehead atoms. The van der Waals surface area contributed by atoms with Crippen LogP contribution in [0.25, 0.3) is 85.6 Å². The van der Waals surface area contributed by atoms with Gasteiger partial charge < -0.3 is 0 Å². The van der Waals surface area contributed by atoms with E-state index in [1.165, 1.54) is 74.4 Å². The van der Waals surface area contributed by atoms with E-state index in [0.29, 0.717) is 0 Å². The van der Waals surface area contributed by atoms with E-state index in [4.69, 9.17) is 4.98 Å². The fourth-order valence-electron chi connectivity index (χ4n) is 6.39. The molecule has 0 saturated carbocycles. The largest absolute Gasteiger partial charge is 0.256 e. The third-order valence-electron chi connectivity index (χ3n) is 8.25. The first kappa shape index (κ1) is 21.2. The van der Waals surface area contributed by atoms with E-state index in [9.17, 15) is 0 Å². The molecule has 0 atom stereocenters. The topological polar surface area (TPSA) is 12.9 Å². The quantitative estimate of drug-likeness (QED) is 0.210.